The molecular weight excluding hydrogens is 258 g/mol. The maximum absolute atomic E-state index is 9.33. The molecule has 2 N–H and O–H groups in total. The molecule has 0 unspecified atom stereocenters. The van der Waals surface area contributed by atoms with Crippen molar-refractivity contribution in [3.63, 3.8) is 0 Å². The van der Waals surface area contributed by atoms with Crippen LogP contribution in [0.3, 0.4) is 0 Å². The van der Waals surface area contributed by atoms with Gasteiger partial charge in [0.2, 0.25) is 0 Å². The Balaban J connectivity index is 1.96. The van der Waals surface area contributed by atoms with Crippen molar-refractivity contribution >= 4 is 22.7 Å². The molecule has 2 atom stereocenters. The Labute approximate surface area is 117 Å². The van der Waals surface area contributed by atoms with E-state index in [1.807, 2.05) is 18.2 Å². The highest BCUT2D eigenvalue weighted by Gasteiger charge is 2.09. The highest BCUT2D eigenvalue weighted by Crippen LogP contribution is 2.18. The molecule has 2 aromatic rings. The molecule has 102 valence electrons. The molecule has 3 nitrogen and oxygen atoms in total. The minimum Gasteiger partial charge on any atom is -0.394 e. The first-order valence-electron chi connectivity index (χ1n) is 6.44. The molecule has 4 heteroatoms. The Morgan fingerprint density at radius 1 is 1.21 bits per heavy atom. The van der Waals surface area contributed by atoms with Crippen LogP contribution >= 0.6 is 11.8 Å². The van der Waals surface area contributed by atoms with Crippen LogP contribution in [0.25, 0.3) is 10.9 Å². The second kappa shape index (κ2) is 6.89. The van der Waals surface area contributed by atoms with Gasteiger partial charge in [-0.1, -0.05) is 31.2 Å². The van der Waals surface area contributed by atoms with Crippen molar-refractivity contribution < 1.29 is 10.2 Å². The summed E-state index contributed by atoms with van der Waals surface area (Å²) in [5.41, 5.74) is 2.09. The van der Waals surface area contributed by atoms with E-state index in [0.29, 0.717) is 11.0 Å². The van der Waals surface area contributed by atoms with Gasteiger partial charge in [0.15, 0.2) is 0 Å². The highest BCUT2D eigenvalue weighted by molar-refractivity contribution is 7.99. The summed E-state index contributed by atoms with van der Waals surface area (Å²) in [5.74, 6) is 0.561. The third-order valence-corrected chi connectivity index (χ3v) is 4.25. The van der Waals surface area contributed by atoms with Crippen molar-refractivity contribution in [2.45, 2.75) is 24.7 Å². The third kappa shape index (κ3) is 4.20. The van der Waals surface area contributed by atoms with Gasteiger partial charge in [0, 0.05) is 28.5 Å². The molecule has 0 bridgehead atoms. The summed E-state index contributed by atoms with van der Waals surface area (Å²) in [4.78, 5) is 4.64. The van der Waals surface area contributed by atoms with Crippen molar-refractivity contribution in [2.75, 3.05) is 12.4 Å². The van der Waals surface area contributed by atoms with E-state index in [9.17, 15) is 5.11 Å². The molecule has 0 aliphatic carbocycles. The largest absolute Gasteiger partial charge is 0.394 e. The fourth-order valence-corrected chi connectivity index (χ4v) is 2.85. The Hall–Kier alpha value is -1.10. The number of para-hydroxylation sites is 1. The fourth-order valence-electron chi connectivity index (χ4n) is 1.90. The van der Waals surface area contributed by atoms with E-state index in [1.165, 1.54) is 0 Å². The minimum absolute atomic E-state index is 0.173. The average Bonchev–Trinajstić information content (AvgIpc) is 2.44. The second-order valence-electron chi connectivity index (χ2n) is 4.68. The number of benzene rings is 1. The third-order valence-electron chi connectivity index (χ3n) is 2.94. The van der Waals surface area contributed by atoms with Crippen LogP contribution in [0.5, 0.6) is 0 Å². The van der Waals surface area contributed by atoms with Crippen LogP contribution in [-0.4, -0.2) is 38.9 Å². The van der Waals surface area contributed by atoms with Gasteiger partial charge in [-0.3, -0.25) is 4.98 Å². The summed E-state index contributed by atoms with van der Waals surface area (Å²) in [6.45, 7) is 1.94. The number of aromatic nitrogens is 1. The lowest BCUT2D eigenvalue weighted by molar-refractivity contribution is 0.113. The summed E-state index contributed by atoms with van der Waals surface area (Å²) in [6, 6.07) is 12.2. The molecule has 0 radical (unpaired) electrons. The number of thioether (sulfide) groups is 1. The Morgan fingerprint density at radius 3 is 2.79 bits per heavy atom. The predicted octanol–water partition coefficient (Wildman–Crippen LogP) is 2.25. The first kappa shape index (κ1) is 14.3. The lowest BCUT2D eigenvalue weighted by Gasteiger charge is -2.13. The van der Waals surface area contributed by atoms with Crippen LogP contribution in [0.1, 0.15) is 12.6 Å². The molecule has 0 spiro atoms. The standard InChI is InChI=1S/C15H19NO2S/c1-11(19-10-14(18)9-17)8-13-7-6-12-4-2-3-5-15(12)16-13/h2-7,11,14,17-18H,8-10H2,1H3/t11-,14-/m0/s1. The zero-order valence-electron chi connectivity index (χ0n) is 11.0. The Kier molecular flexibility index (Phi) is 5.19. The number of hydrogen-bond acceptors (Lipinski definition) is 4. The van der Waals surface area contributed by atoms with Crippen LogP contribution in [0.4, 0.5) is 0 Å². The molecule has 1 aromatic carbocycles. The van der Waals surface area contributed by atoms with Crippen molar-refractivity contribution in [3.8, 4) is 0 Å². The Morgan fingerprint density at radius 2 is 2.00 bits per heavy atom. The normalized spacial score (nSPS) is 14.5. The molecule has 0 saturated carbocycles. The first-order chi connectivity index (χ1) is 9.19. The van der Waals surface area contributed by atoms with Crippen LogP contribution in [-0.2, 0) is 6.42 Å². The molecule has 0 saturated heterocycles. The quantitative estimate of drug-likeness (QED) is 0.850. The van der Waals surface area contributed by atoms with E-state index < -0.39 is 6.10 Å². The second-order valence-corrected chi connectivity index (χ2v) is 6.15. The van der Waals surface area contributed by atoms with Crippen molar-refractivity contribution in [1.82, 2.24) is 4.98 Å². The maximum Gasteiger partial charge on any atom is 0.0861 e. The van der Waals surface area contributed by atoms with E-state index >= 15 is 0 Å². The summed E-state index contributed by atoms with van der Waals surface area (Å²) in [6.07, 6.45) is 0.241. The van der Waals surface area contributed by atoms with Crippen LogP contribution in [0.2, 0.25) is 0 Å². The SMILES string of the molecule is C[C@@H](Cc1ccc2ccccc2n1)SC[C@@H](O)CO. The van der Waals surface area contributed by atoms with E-state index in [-0.39, 0.29) is 6.61 Å². The zero-order chi connectivity index (χ0) is 13.7. The first-order valence-corrected chi connectivity index (χ1v) is 7.49. The monoisotopic (exact) mass is 277 g/mol. The van der Waals surface area contributed by atoms with Crippen LogP contribution < -0.4 is 0 Å². The number of aliphatic hydroxyl groups is 2. The smallest absolute Gasteiger partial charge is 0.0861 e. The van der Waals surface area contributed by atoms with Gasteiger partial charge in [0.25, 0.3) is 0 Å². The summed E-state index contributed by atoms with van der Waals surface area (Å²) < 4.78 is 0. The zero-order valence-corrected chi connectivity index (χ0v) is 11.8. The molecule has 2 rings (SSSR count). The lowest BCUT2D eigenvalue weighted by Crippen LogP contribution is -2.17. The molecule has 19 heavy (non-hydrogen) atoms. The van der Waals surface area contributed by atoms with Gasteiger partial charge in [-0.2, -0.15) is 11.8 Å². The molecule has 1 heterocycles. The minimum atomic E-state index is -0.628. The fraction of sp³-hybridized carbons (Fsp3) is 0.400. The van der Waals surface area contributed by atoms with E-state index in [2.05, 4.69) is 30.1 Å². The van der Waals surface area contributed by atoms with Gasteiger partial charge >= 0.3 is 0 Å². The van der Waals surface area contributed by atoms with Crippen molar-refractivity contribution in [2.24, 2.45) is 0 Å². The van der Waals surface area contributed by atoms with Gasteiger partial charge in [0.1, 0.15) is 0 Å². The van der Waals surface area contributed by atoms with Gasteiger partial charge < -0.3 is 10.2 Å². The molecule has 0 aliphatic rings. The molecule has 0 amide bonds. The van der Waals surface area contributed by atoms with Gasteiger partial charge in [-0.15, -0.1) is 0 Å². The summed E-state index contributed by atoms with van der Waals surface area (Å²) in [7, 11) is 0. The van der Waals surface area contributed by atoms with Gasteiger partial charge in [-0.25, -0.2) is 0 Å². The van der Waals surface area contributed by atoms with Gasteiger partial charge in [-0.05, 0) is 12.1 Å². The maximum atomic E-state index is 9.33. The average molecular weight is 277 g/mol. The molecule has 1 aromatic heterocycles. The molecular formula is C15H19NO2S. The molecule has 0 aliphatic heterocycles. The number of hydrogen-bond donors (Lipinski definition) is 2. The number of aliphatic hydroxyl groups excluding tert-OH is 2. The highest BCUT2D eigenvalue weighted by atomic mass is 32.2. The van der Waals surface area contributed by atoms with Crippen LogP contribution in [0.15, 0.2) is 36.4 Å². The van der Waals surface area contributed by atoms with Crippen molar-refractivity contribution in [1.29, 1.82) is 0 Å². The topological polar surface area (TPSA) is 53.4 Å². The summed E-state index contributed by atoms with van der Waals surface area (Å²) in [5, 5.41) is 19.6. The van der Waals surface area contributed by atoms with E-state index in [1.54, 1.807) is 11.8 Å². The lowest BCUT2D eigenvalue weighted by atomic mass is 10.1. The molecule has 0 fully saturated rings. The summed E-state index contributed by atoms with van der Waals surface area (Å²) >= 11 is 1.66. The number of nitrogens with zero attached hydrogens (tertiary/aromatic N) is 1. The predicted molar refractivity (Wildman–Crippen MR) is 80.5 cm³/mol. The van der Waals surface area contributed by atoms with E-state index in [4.69, 9.17) is 5.11 Å². The van der Waals surface area contributed by atoms with Gasteiger partial charge in [0.05, 0.1) is 18.2 Å². The van der Waals surface area contributed by atoms with Crippen molar-refractivity contribution in [3.05, 3.63) is 42.1 Å². The number of fused-ring (bicyclic) bond motifs is 1. The van der Waals surface area contributed by atoms with E-state index in [0.717, 1.165) is 23.0 Å². The van der Waals surface area contributed by atoms with Crippen LogP contribution in [0, 0.1) is 0 Å². The number of pyridine rings is 1. The Bertz CT molecular complexity index is 532. The number of rotatable bonds is 6.